The van der Waals surface area contributed by atoms with Crippen LogP contribution in [-0.2, 0) is 9.59 Å². The number of nitrogens with zero attached hydrogens (tertiary/aromatic N) is 2. The van der Waals surface area contributed by atoms with E-state index >= 15 is 0 Å². The van der Waals surface area contributed by atoms with Crippen LogP contribution in [0.3, 0.4) is 0 Å². The first-order chi connectivity index (χ1) is 12.0. The number of carbonyl (C=O) groups is 2. The zero-order chi connectivity index (χ0) is 18.0. The molecule has 3 rings (SSSR count). The molecule has 1 N–H and O–H groups in total. The Hall–Kier alpha value is -2.06. The lowest BCUT2D eigenvalue weighted by Crippen LogP contribution is -2.29. The number of carbonyl (C=O) groups excluding carboxylic acids is 1. The standard InChI is InChI=1S/C17H18N2O4S2/c1-18-7-8-23-13-9-11(4-5-12(13)18)10-14-16(22)19(17(24)25-14)6-2-3-15(20)21/h4-5,9-10H,2-3,6-8H2,1H3,(H,20,21). The third-order valence-electron chi connectivity index (χ3n) is 4.02. The number of thioether (sulfide) groups is 1. The van der Waals surface area contributed by atoms with Crippen LogP contribution in [-0.4, -0.2) is 52.9 Å². The lowest BCUT2D eigenvalue weighted by molar-refractivity contribution is -0.137. The van der Waals surface area contributed by atoms with Crippen molar-refractivity contribution in [3.8, 4) is 5.75 Å². The lowest BCUT2D eigenvalue weighted by Gasteiger charge is -2.27. The maximum atomic E-state index is 12.5. The van der Waals surface area contributed by atoms with Gasteiger partial charge in [0.1, 0.15) is 16.7 Å². The molecule has 25 heavy (non-hydrogen) atoms. The van der Waals surface area contributed by atoms with Crippen molar-refractivity contribution < 1.29 is 19.4 Å². The van der Waals surface area contributed by atoms with Gasteiger partial charge >= 0.3 is 5.97 Å². The molecule has 0 aromatic heterocycles. The van der Waals surface area contributed by atoms with E-state index in [2.05, 4.69) is 4.90 Å². The predicted octanol–water partition coefficient (Wildman–Crippen LogP) is 2.58. The summed E-state index contributed by atoms with van der Waals surface area (Å²) < 4.78 is 6.16. The van der Waals surface area contributed by atoms with Crippen molar-refractivity contribution in [3.63, 3.8) is 0 Å². The molecule has 0 spiro atoms. The third-order valence-corrected chi connectivity index (χ3v) is 5.40. The van der Waals surface area contributed by atoms with E-state index in [1.54, 1.807) is 6.08 Å². The van der Waals surface area contributed by atoms with Crippen LogP contribution in [0.5, 0.6) is 5.75 Å². The Morgan fingerprint density at radius 2 is 2.28 bits per heavy atom. The smallest absolute Gasteiger partial charge is 0.303 e. The van der Waals surface area contributed by atoms with Gasteiger partial charge in [-0.1, -0.05) is 30.0 Å². The van der Waals surface area contributed by atoms with Gasteiger partial charge in [-0.2, -0.15) is 0 Å². The quantitative estimate of drug-likeness (QED) is 0.624. The van der Waals surface area contributed by atoms with Crippen LogP contribution in [0.2, 0.25) is 0 Å². The van der Waals surface area contributed by atoms with Gasteiger partial charge in [-0.25, -0.2) is 0 Å². The van der Waals surface area contributed by atoms with Gasteiger partial charge in [-0.15, -0.1) is 0 Å². The van der Waals surface area contributed by atoms with Crippen LogP contribution in [0, 0.1) is 0 Å². The van der Waals surface area contributed by atoms with Crippen LogP contribution in [0.4, 0.5) is 5.69 Å². The molecule has 8 heteroatoms. The van der Waals surface area contributed by atoms with Gasteiger partial charge in [-0.3, -0.25) is 14.5 Å². The molecule has 1 aromatic rings. The Labute approximate surface area is 155 Å². The van der Waals surface area contributed by atoms with Crippen LogP contribution < -0.4 is 9.64 Å². The molecular formula is C17H18N2O4S2. The summed E-state index contributed by atoms with van der Waals surface area (Å²) in [5, 5.41) is 8.71. The lowest BCUT2D eigenvalue weighted by atomic mass is 10.1. The summed E-state index contributed by atoms with van der Waals surface area (Å²) in [6.07, 6.45) is 2.20. The highest BCUT2D eigenvalue weighted by Gasteiger charge is 2.31. The van der Waals surface area contributed by atoms with E-state index in [0.29, 0.717) is 28.8 Å². The zero-order valence-corrected chi connectivity index (χ0v) is 15.4. The first-order valence-corrected chi connectivity index (χ1v) is 9.13. The fourth-order valence-corrected chi connectivity index (χ4v) is 4.01. The molecule has 1 amide bonds. The molecule has 0 saturated carbocycles. The predicted molar refractivity (Wildman–Crippen MR) is 102 cm³/mol. The molecular weight excluding hydrogens is 360 g/mol. The average Bonchev–Trinajstić information content (AvgIpc) is 2.82. The number of likely N-dealkylation sites (N-methyl/N-ethyl adjacent to an activating group) is 1. The van der Waals surface area contributed by atoms with E-state index in [-0.39, 0.29) is 12.3 Å². The molecule has 0 bridgehead atoms. The first-order valence-electron chi connectivity index (χ1n) is 7.91. The van der Waals surface area contributed by atoms with E-state index in [1.165, 1.54) is 16.7 Å². The Balaban J connectivity index is 1.74. The highest BCUT2D eigenvalue weighted by atomic mass is 32.2. The summed E-state index contributed by atoms with van der Waals surface area (Å²) in [4.78, 5) is 27.3. The summed E-state index contributed by atoms with van der Waals surface area (Å²) in [5.41, 5.74) is 1.91. The summed E-state index contributed by atoms with van der Waals surface area (Å²) in [6, 6.07) is 5.84. The number of carboxylic acid groups (broad SMARTS) is 1. The number of aliphatic carboxylic acids is 1. The monoisotopic (exact) mass is 378 g/mol. The van der Waals surface area contributed by atoms with E-state index < -0.39 is 5.97 Å². The highest BCUT2D eigenvalue weighted by molar-refractivity contribution is 8.26. The van der Waals surface area contributed by atoms with Gasteiger partial charge in [0.05, 0.1) is 17.1 Å². The minimum Gasteiger partial charge on any atom is -0.490 e. The van der Waals surface area contributed by atoms with Gasteiger partial charge in [0.25, 0.3) is 5.91 Å². The number of ether oxygens (including phenoxy) is 1. The second-order valence-electron chi connectivity index (χ2n) is 5.83. The Kier molecular flexibility index (Phi) is 5.29. The third kappa shape index (κ3) is 3.96. The maximum absolute atomic E-state index is 12.5. The second-order valence-corrected chi connectivity index (χ2v) is 7.50. The van der Waals surface area contributed by atoms with Crippen molar-refractivity contribution in [2.24, 2.45) is 0 Å². The molecule has 6 nitrogen and oxygen atoms in total. The molecule has 0 unspecified atom stereocenters. The number of thiocarbonyl (C=S) groups is 1. The molecule has 2 aliphatic heterocycles. The van der Waals surface area contributed by atoms with Crippen LogP contribution in [0.1, 0.15) is 18.4 Å². The topological polar surface area (TPSA) is 70.1 Å². The van der Waals surface area contributed by atoms with Crippen molar-refractivity contribution >= 4 is 51.9 Å². The van der Waals surface area contributed by atoms with Crippen LogP contribution in [0.15, 0.2) is 23.1 Å². The Morgan fingerprint density at radius 1 is 1.48 bits per heavy atom. The first kappa shape index (κ1) is 17.8. The van der Waals surface area contributed by atoms with E-state index in [9.17, 15) is 9.59 Å². The molecule has 132 valence electrons. The van der Waals surface area contributed by atoms with E-state index in [0.717, 1.165) is 23.5 Å². The molecule has 0 aliphatic carbocycles. The number of carboxylic acids is 1. The van der Waals surface area contributed by atoms with Gasteiger partial charge in [0.2, 0.25) is 0 Å². The molecule has 1 aromatic carbocycles. The summed E-state index contributed by atoms with van der Waals surface area (Å²) >= 11 is 6.49. The fraction of sp³-hybridized carbons (Fsp3) is 0.353. The summed E-state index contributed by atoms with van der Waals surface area (Å²) in [6.45, 7) is 1.81. The minimum atomic E-state index is -0.875. The van der Waals surface area contributed by atoms with Crippen molar-refractivity contribution in [1.29, 1.82) is 0 Å². The van der Waals surface area contributed by atoms with Crippen molar-refractivity contribution in [2.75, 3.05) is 31.6 Å². The van der Waals surface area contributed by atoms with Gasteiger partial charge in [-0.05, 0) is 30.2 Å². The number of fused-ring (bicyclic) bond motifs is 1. The Bertz CT molecular complexity index is 763. The average molecular weight is 378 g/mol. The van der Waals surface area contributed by atoms with Crippen LogP contribution in [0.25, 0.3) is 6.08 Å². The van der Waals surface area contributed by atoms with Crippen molar-refractivity contribution in [3.05, 3.63) is 28.7 Å². The maximum Gasteiger partial charge on any atom is 0.303 e. The SMILES string of the molecule is CN1CCOc2cc(C=C3SC(=S)N(CCCC(=O)O)C3=O)ccc21. The number of anilines is 1. The number of benzene rings is 1. The molecule has 2 aliphatic rings. The van der Waals surface area contributed by atoms with Gasteiger partial charge in [0.15, 0.2) is 0 Å². The number of amides is 1. The van der Waals surface area contributed by atoms with Crippen molar-refractivity contribution in [2.45, 2.75) is 12.8 Å². The number of hydrogen-bond acceptors (Lipinski definition) is 6. The molecule has 0 radical (unpaired) electrons. The zero-order valence-electron chi connectivity index (χ0n) is 13.7. The van der Waals surface area contributed by atoms with Gasteiger partial charge in [0, 0.05) is 20.0 Å². The largest absolute Gasteiger partial charge is 0.490 e. The van der Waals surface area contributed by atoms with Gasteiger partial charge < -0.3 is 14.7 Å². The molecule has 0 atom stereocenters. The highest BCUT2D eigenvalue weighted by Crippen LogP contribution is 2.35. The van der Waals surface area contributed by atoms with Crippen LogP contribution >= 0.6 is 24.0 Å². The summed E-state index contributed by atoms with van der Waals surface area (Å²) in [5.74, 6) is -0.240. The number of rotatable bonds is 5. The Morgan fingerprint density at radius 3 is 3.04 bits per heavy atom. The van der Waals surface area contributed by atoms with Crippen molar-refractivity contribution in [1.82, 2.24) is 4.90 Å². The van der Waals surface area contributed by atoms with E-state index in [1.807, 2.05) is 25.2 Å². The molecule has 1 saturated heterocycles. The normalized spacial score (nSPS) is 18.5. The summed E-state index contributed by atoms with van der Waals surface area (Å²) in [7, 11) is 2.02. The van der Waals surface area contributed by atoms with E-state index in [4.69, 9.17) is 22.1 Å². The fourth-order valence-electron chi connectivity index (χ4n) is 2.70. The molecule has 2 heterocycles. The second kappa shape index (κ2) is 7.45. The molecule has 1 fully saturated rings. The number of hydrogen-bond donors (Lipinski definition) is 1. The minimum absolute atomic E-state index is 0.0196.